The Morgan fingerprint density at radius 3 is 2.92 bits per heavy atom. The molecule has 0 atom stereocenters. The van der Waals surface area contributed by atoms with Crippen molar-refractivity contribution >= 4 is 34.5 Å². The Hall–Kier alpha value is -2.10. The number of carbonyl (C=O) groups is 1. The second-order valence-electron chi connectivity index (χ2n) is 5.88. The molecule has 1 aliphatic heterocycles. The largest absolute Gasteiger partial charge is 0.304 e. The molecular weight excluding hydrogens is 326 g/mol. The van der Waals surface area contributed by atoms with Crippen LogP contribution in [-0.2, 0) is 4.79 Å². The van der Waals surface area contributed by atoms with Crippen molar-refractivity contribution in [3.63, 3.8) is 0 Å². The number of piperazine rings is 1. The Morgan fingerprint density at radius 1 is 1.29 bits per heavy atom. The normalized spacial score (nSPS) is 16.9. The number of likely N-dealkylation sites (N-methyl/N-ethyl adjacent to an activating group) is 1. The molecule has 9 heteroatoms. The van der Waals surface area contributed by atoms with Gasteiger partial charge in [-0.05, 0) is 19.2 Å². The maximum atomic E-state index is 12.2. The van der Waals surface area contributed by atoms with Crippen molar-refractivity contribution in [2.24, 2.45) is 0 Å². The molecule has 0 radical (unpaired) electrons. The zero-order valence-electron chi connectivity index (χ0n) is 13.4. The van der Waals surface area contributed by atoms with Crippen molar-refractivity contribution < 1.29 is 4.79 Å². The number of para-hydroxylation sites is 2. The van der Waals surface area contributed by atoms with E-state index in [0.29, 0.717) is 11.5 Å². The zero-order valence-corrected chi connectivity index (χ0v) is 14.2. The number of benzene rings is 1. The van der Waals surface area contributed by atoms with Gasteiger partial charge in [-0.25, -0.2) is 15.1 Å². The third-order valence-electron chi connectivity index (χ3n) is 4.12. The number of hydrogen-bond donors (Lipinski definition) is 2. The molecule has 0 bridgehead atoms. The quantitative estimate of drug-likeness (QED) is 0.673. The summed E-state index contributed by atoms with van der Waals surface area (Å²) in [5, 5.41) is 9.92. The summed E-state index contributed by atoms with van der Waals surface area (Å²) in [7, 11) is 2.09. The second-order valence-corrected chi connectivity index (χ2v) is 6.82. The number of thioether (sulfide) groups is 1. The molecule has 24 heavy (non-hydrogen) atoms. The van der Waals surface area contributed by atoms with Crippen molar-refractivity contribution in [1.29, 1.82) is 0 Å². The van der Waals surface area contributed by atoms with Crippen LogP contribution >= 0.6 is 11.8 Å². The van der Waals surface area contributed by atoms with Crippen LogP contribution in [0.25, 0.3) is 16.8 Å². The van der Waals surface area contributed by atoms with Gasteiger partial charge in [0.1, 0.15) is 0 Å². The van der Waals surface area contributed by atoms with Gasteiger partial charge in [0, 0.05) is 26.2 Å². The van der Waals surface area contributed by atoms with Gasteiger partial charge in [0.2, 0.25) is 11.7 Å². The lowest BCUT2D eigenvalue weighted by atomic mass is 10.3. The van der Waals surface area contributed by atoms with Crippen LogP contribution < -0.4 is 5.43 Å². The summed E-state index contributed by atoms with van der Waals surface area (Å²) in [5.74, 6) is 1.00. The lowest BCUT2D eigenvalue weighted by molar-refractivity contribution is -0.124. The number of imidazole rings is 1. The molecule has 0 aliphatic carbocycles. The molecule has 1 amide bonds. The van der Waals surface area contributed by atoms with E-state index in [4.69, 9.17) is 0 Å². The molecule has 1 fully saturated rings. The Labute approximate surface area is 143 Å². The Kier molecular flexibility index (Phi) is 4.13. The van der Waals surface area contributed by atoms with E-state index < -0.39 is 0 Å². The van der Waals surface area contributed by atoms with Gasteiger partial charge in [-0.2, -0.15) is 0 Å². The van der Waals surface area contributed by atoms with Crippen LogP contribution in [0.1, 0.15) is 0 Å². The predicted molar refractivity (Wildman–Crippen MR) is 92.8 cm³/mol. The molecule has 0 spiro atoms. The van der Waals surface area contributed by atoms with Crippen LogP contribution in [0.5, 0.6) is 0 Å². The van der Waals surface area contributed by atoms with Gasteiger partial charge in [-0.3, -0.25) is 14.6 Å². The molecule has 2 N–H and O–H groups in total. The average Bonchev–Trinajstić information content (AvgIpc) is 3.14. The van der Waals surface area contributed by atoms with Crippen LogP contribution in [0.4, 0.5) is 0 Å². The highest BCUT2D eigenvalue weighted by atomic mass is 32.2. The zero-order chi connectivity index (χ0) is 16.5. The Bertz CT molecular complexity index is 865. The Balaban J connectivity index is 1.42. The number of rotatable bonds is 4. The number of aromatic nitrogens is 4. The summed E-state index contributed by atoms with van der Waals surface area (Å²) < 4.78 is 1.95. The number of nitrogens with zero attached hydrogens (tertiary/aromatic N) is 5. The molecule has 1 saturated heterocycles. The summed E-state index contributed by atoms with van der Waals surface area (Å²) in [6.45, 7) is 3.64. The minimum atomic E-state index is -0.00914. The number of carbonyl (C=O) groups excluding carboxylic acids is 1. The smallest absolute Gasteiger partial charge is 0.244 e. The van der Waals surface area contributed by atoms with Gasteiger partial charge in [-0.1, -0.05) is 23.9 Å². The van der Waals surface area contributed by atoms with E-state index in [9.17, 15) is 4.79 Å². The van der Waals surface area contributed by atoms with Gasteiger partial charge in [0.25, 0.3) is 0 Å². The molecule has 8 nitrogen and oxygen atoms in total. The molecule has 4 rings (SSSR count). The molecular formula is C15H19N7OS. The molecule has 1 aliphatic rings. The van der Waals surface area contributed by atoms with E-state index in [1.807, 2.05) is 33.7 Å². The maximum Gasteiger partial charge on any atom is 0.244 e. The van der Waals surface area contributed by atoms with Gasteiger partial charge >= 0.3 is 0 Å². The molecule has 1 aromatic carbocycles. The first-order valence-corrected chi connectivity index (χ1v) is 8.86. The first-order chi connectivity index (χ1) is 11.7. The molecule has 2 aromatic heterocycles. The van der Waals surface area contributed by atoms with Crippen molar-refractivity contribution in [3.8, 4) is 0 Å². The highest BCUT2D eigenvalue weighted by Crippen LogP contribution is 2.22. The summed E-state index contributed by atoms with van der Waals surface area (Å²) in [6, 6.07) is 7.89. The summed E-state index contributed by atoms with van der Waals surface area (Å²) in [4.78, 5) is 18.9. The van der Waals surface area contributed by atoms with Gasteiger partial charge in [0.15, 0.2) is 5.16 Å². The molecule has 3 aromatic rings. The fraction of sp³-hybridized carbons (Fsp3) is 0.400. The van der Waals surface area contributed by atoms with Crippen molar-refractivity contribution in [3.05, 3.63) is 24.3 Å². The minimum Gasteiger partial charge on any atom is -0.304 e. The predicted octanol–water partition coefficient (Wildman–Crippen LogP) is 0.581. The van der Waals surface area contributed by atoms with E-state index >= 15 is 0 Å². The molecule has 0 saturated carbocycles. The van der Waals surface area contributed by atoms with Gasteiger partial charge < -0.3 is 4.90 Å². The topological polar surface area (TPSA) is 81.6 Å². The first kappa shape index (κ1) is 15.4. The van der Waals surface area contributed by atoms with E-state index in [2.05, 4.69) is 32.6 Å². The summed E-state index contributed by atoms with van der Waals surface area (Å²) in [5.41, 5.74) is 4.87. The Morgan fingerprint density at radius 2 is 2.08 bits per heavy atom. The number of hydrogen-bond acceptors (Lipinski definition) is 6. The van der Waals surface area contributed by atoms with Gasteiger partial charge in [-0.15, -0.1) is 5.10 Å². The number of amides is 1. The number of hydrazine groups is 1. The van der Waals surface area contributed by atoms with Crippen molar-refractivity contribution in [1.82, 2.24) is 34.9 Å². The monoisotopic (exact) mass is 345 g/mol. The van der Waals surface area contributed by atoms with Crippen LogP contribution in [-0.4, -0.2) is 74.4 Å². The lowest BCUT2D eigenvalue weighted by Crippen LogP contribution is -2.52. The van der Waals surface area contributed by atoms with E-state index in [1.54, 1.807) is 0 Å². The first-order valence-electron chi connectivity index (χ1n) is 7.88. The second kappa shape index (κ2) is 6.42. The fourth-order valence-electron chi connectivity index (χ4n) is 2.80. The van der Waals surface area contributed by atoms with Crippen molar-refractivity contribution in [2.45, 2.75) is 5.16 Å². The third-order valence-corrected chi connectivity index (χ3v) is 5.06. The third kappa shape index (κ3) is 2.97. The van der Waals surface area contributed by atoms with Crippen molar-refractivity contribution in [2.75, 3.05) is 39.0 Å². The molecule has 3 heterocycles. The molecule has 0 unspecified atom stereocenters. The van der Waals surface area contributed by atoms with E-state index in [1.165, 1.54) is 11.8 Å². The highest BCUT2D eigenvalue weighted by Gasteiger charge is 2.17. The standard InChI is InChI=1S/C15H19N7OS/c1-20-6-8-21(9-7-20)19-13(23)10-24-15-18-17-14-16-11-4-2-3-5-12(11)22(14)15/h2-5H,6-10H2,1H3,(H,16,17)(H,19,23). The van der Waals surface area contributed by atoms with E-state index in [0.717, 1.165) is 42.4 Å². The van der Waals surface area contributed by atoms with Crippen LogP contribution in [0.2, 0.25) is 0 Å². The van der Waals surface area contributed by atoms with E-state index in [-0.39, 0.29) is 5.91 Å². The van der Waals surface area contributed by atoms with Crippen LogP contribution in [0.3, 0.4) is 0 Å². The van der Waals surface area contributed by atoms with Gasteiger partial charge in [0.05, 0.1) is 16.8 Å². The summed E-state index contributed by atoms with van der Waals surface area (Å²) in [6.07, 6.45) is 0. The average molecular weight is 345 g/mol. The highest BCUT2D eigenvalue weighted by molar-refractivity contribution is 7.99. The minimum absolute atomic E-state index is 0.00914. The summed E-state index contributed by atoms with van der Waals surface area (Å²) >= 11 is 1.40. The van der Waals surface area contributed by atoms with Crippen LogP contribution in [0, 0.1) is 0 Å². The maximum absolute atomic E-state index is 12.2. The SMILES string of the molecule is CN1CCN(NC(=O)CSc2n[nH]c3nc4ccccc4n23)CC1. The number of fused-ring (bicyclic) bond motifs is 3. The van der Waals surface area contributed by atoms with Crippen LogP contribution in [0.15, 0.2) is 29.4 Å². The number of nitrogens with one attached hydrogen (secondary N) is 2. The number of H-pyrrole nitrogens is 1. The lowest BCUT2D eigenvalue weighted by Gasteiger charge is -2.32. The number of aromatic amines is 1. The fourth-order valence-corrected chi connectivity index (χ4v) is 3.55. The molecule has 126 valence electrons.